The summed E-state index contributed by atoms with van der Waals surface area (Å²) < 4.78 is 2.06. The van der Waals surface area contributed by atoms with Crippen LogP contribution in [-0.4, -0.2) is 9.38 Å². The molecule has 0 saturated heterocycles. The van der Waals surface area contributed by atoms with E-state index in [0.717, 1.165) is 6.42 Å². The second kappa shape index (κ2) is 2.63. The van der Waals surface area contributed by atoms with E-state index < -0.39 is 0 Å². The first-order valence-corrected chi connectivity index (χ1v) is 4.23. The van der Waals surface area contributed by atoms with E-state index in [1.807, 2.05) is 12.5 Å². The van der Waals surface area contributed by atoms with Crippen molar-refractivity contribution in [3.8, 4) is 0 Å². The molecular formula is C10H12N2. The standard InChI is InChI=1S/C10H12N2/c1-3-9-8(2)4-5-12-7-11-6-10(9)12/h4-7H,3H2,1-2H3. The largest absolute Gasteiger partial charge is 0.306 e. The number of aromatic nitrogens is 2. The highest BCUT2D eigenvalue weighted by atomic mass is 15.0. The van der Waals surface area contributed by atoms with Crippen molar-refractivity contribution in [2.24, 2.45) is 0 Å². The highest BCUT2D eigenvalue weighted by Crippen LogP contribution is 2.15. The molecule has 2 heteroatoms. The summed E-state index contributed by atoms with van der Waals surface area (Å²) >= 11 is 0. The monoisotopic (exact) mass is 160 g/mol. The molecule has 0 saturated carbocycles. The molecule has 0 aliphatic heterocycles. The zero-order chi connectivity index (χ0) is 8.55. The maximum absolute atomic E-state index is 4.11. The first kappa shape index (κ1) is 7.35. The number of fused-ring (bicyclic) bond motifs is 1. The number of pyridine rings is 1. The summed E-state index contributed by atoms with van der Waals surface area (Å²) in [6, 6.07) is 2.13. The first-order chi connectivity index (χ1) is 5.83. The Morgan fingerprint density at radius 2 is 2.33 bits per heavy atom. The predicted molar refractivity (Wildman–Crippen MR) is 49.3 cm³/mol. The third-order valence-corrected chi connectivity index (χ3v) is 2.29. The minimum Gasteiger partial charge on any atom is -0.306 e. The van der Waals surface area contributed by atoms with Gasteiger partial charge in [-0.05, 0) is 30.5 Å². The van der Waals surface area contributed by atoms with Crippen LogP contribution in [0.2, 0.25) is 0 Å². The summed E-state index contributed by atoms with van der Waals surface area (Å²) in [6.07, 6.45) is 6.89. The Morgan fingerprint density at radius 3 is 3.08 bits per heavy atom. The smallest absolute Gasteiger partial charge is 0.0992 e. The van der Waals surface area contributed by atoms with Gasteiger partial charge in [-0.3, -0.25) is 0 Å². The van der Waals surface area contributed by atoms with Crippen LogP contribution in [-0.2, 0) is 6.42 Å². The maximum atomic E-state index is 4.11. The van der Waals surface area contributed by atoms with Gasteiger partial charge in [0.25, 0.3) is 0 Å². The number of hydrogen-bond donors (Lipinski definition) is 0. The van der Waals surface area contributed by atoms with Crippen LogP contribution in [0, 0.1) is 6.92 Å². The van der Waals surface area contributed by atoms with E-state index in [4.69, 9.17) is 0 Å². The van der Waals surface area contributed by atoms with Gasteiger partial charge in [-0.15, -0.1) is 0 Å². The van der Waals surface area contributed by atoms with Gasteiger partial charge in [0.2, 0.25) is 0 Å². The molecule has 0 spiro atoms. The number of aryl methyl sites for hydroxylation is 2. The number of hydrogen-bond acceptors (Lipinski definition) is 1. The van der Waals surface area contributed by atoms with E-state index in [1.165, 1.54) is 16.6 Å². The summed E-state index contributed by atoms with van der Waals surface area (Å²) in [5, 5.41) is 0. The molecule has 2 aromatic rings. The molecule has 62 valence electrons. The Hall–Kier alpha value is -1.31. The number of rotatable bonds is 1. The van der Waals surface area contributed by atoms with Crippen LogP contribution in [0.15, 0.2) is 24.8 Å². The van der Waals surface area contributed by atoms with Crippen molar-refractivity contribution in [1.29, 1.82) is 0 Å². The topological polar surface area (TPSA) is 17.3 Å². The maximum Gasteiger partial charge on any atom is 0.0992 e. The molecule has 0 amide bonds. The van der Waals surface area contributed by atoms with Crippen molar-refractivity contribution in [2.45, 2.75) is 20.3 Å². The van der Waals surface area contributed by atoms with Crippen LogP contribution in [0.4, 0.5) is 0 Å². The fraction of sp³-hybridized carbons (Fsp3) is 0.300. The molecule has 2 nitrogen and oxygen atoms in total. The number of imidazole rings is 1. The fourth-order valence-electron chi connectivity index (χ4n) is 1.61. The molecule has 0 fully saturated rings. The molecule has 0 atom stereocenters. The third kappa shape index (κ3) is 0.916. The highest BCUT2D eigenvalue weighted by Gasteiger charge is 2.01. The van der Waals surface area contributed by atoms with Gasteiger partial charge in [0, 0.05) is 6.20 Å². The number of nitrogens with zero attached hydrogens (tertiary/aromatic N) is 2. The average molecular weight is 160 g/mol. The minimum absolute atomic E-state index is 1.07. The predicted octanol–water partition coefficient (Wildman–Crippen LogP) is 2.21. The molecule has 2 rings (SSSR count). The molecule has 0 aliphatic carbocycles. The molecule has 2 aromatic heterocycles. The first-order valence-electron chi connectivity index (χ1n) is 4.23. The van der Waals surface area contributed by atoms with Crippen LogP contribution in [0.5, 0.6) is 0 Å². The van der Waals surface area contributed by atoms with Gasteiger partial charge >= 0.3 is 0 Å². The lowest BCUT2D eigenvalue weighted by Crippen LogP contribution is -1.91. The second-order valence-electron chi connectivity index (χ2n) is 3.02. The third-order valence-electron chi connectivity index (χ3n) is 2.29. The Bertz CT molecular complexity index is 401. The quantitative estimate of drug-likeness (QED) is 0.625. The summed E-state index contributed by atoms with van der Waals surface area (Å²) in [5.41, 5.74) is 3.98. The molecule has 0 bridgehead atoms. The Labute approximate surface area is 71.9 Å². The van der Waals surface area contributed by atoms with Gasteiger partial charge in [0.15, 0.2) is 0 Å². The zero-order valence-electron chi connectivity index (χ0n) is 7.41. The molecule has 2 heterocycles. The molecular weight excluding hydrogens is 148 g/mol. The van der Waals surface area contributed by atoms with E-state index in [2.05, 4.69) is 35.5 Å². The average Bonchev–Trinajstić information content (AvgIpc) is 2.52. The SMILES string of the molecule is CCc1c(C)ccn2cncc12. The molecule has 0 aliphatic rings. The van der Waals surface area contributed by atoms with E-state index in [9.17, 15) is 0 Å². The van der Waals surface area contributed by atoms with Gasteiger partial charge in [-0.2, -0.15) is 0 Å². The lowest BCUT2D eigenvalue weighted by Gasteiger charge is -2.04. The lowest BCUT2D eigenvalue weighted by atomic mass is 10.1. The van der Waals surface area contributed by atoms with E-state index in [-0.39, 0.29) is 0 Å². The Balaban J connectivity index is 2.83. The van der Waals surface area contributed by atoms with Gasteiger partial charge in [-0.25, -0.2) is 4.98 Å². The Morgan fingerprint density at radius 1 is 1.50 bits per heavy atom. The normalized spacial score (nSPS) is 10.8. The van der Waals surface area contributed by atoms with Crippen molar-refractivity contribution in [1.82, 2.24) is 9.38 Å². The molecule has 0 N–H and O–H groups in total. The van der Waals surface area contributed by atoms with Crippen molar-refractivity contribution in [3.05, 3.63) is 35.9 Å². The second-order valence-corrected chi connectivity index (χ2v) is 3.02. The van der Waals surface area contributed by atoms with Gasteiger partial charge in [0.1, 0.15) is 0 Å². The van der Waals surface area contributed by atoms with Crippen LogP contribution in [0.25, 0.3) is 5.52 Å². The van der Waals surface area contributed by atoms with Crippen molar-refractivity contribution in [2.75, 3.05) is 0 Å². The summed E-state index contributed by atoms with van der Waals surface area (Å²) in [4.78, 5) is 4.11. The van der Waals surface area contributed by atoms with E-state index >= 15 is 0 Å². The van der Waals surface area contributed by atoms with Crippen LogP contribution >= 0.6 is 0 Å². The lowest BCUT2D eigenvalue weighted by molar-refractivity contribution is 1.07. The van der Waals surface area contributed by atoms with Crippen LogP contribution < -0.4 is 0 Å². The Kier molecular flexibility index (Phi) is 1.61. The van der Waals surface area contributed by atoms with Gasteiger partial charge in [-0.1, -0.05) is 6.92 Å². The summed E-state index contributed by atoms with van der Waals surface area (Å²) in [6.45, 7) is 4.32. The molecule has 0 radical (unpaired) electrons. The summed E-state index contributed by atoms with van der Waals surface area (Å²) in [5.74, 6) is 0. The van der Waals surface area contributed by atoms with E-state index in [0.29, 0.717) is 0 Å². The van der Waals surface area contributed by atoms with E-state index in [1.54, 1.807) is 0 Å². The fourth-order valence-corrected chi connectivity index (χ4v) is 1.61. The van der Waals surface area contributed by atoms with Crippen molar-refractivity contribution in [3.63, 3.8) is 0 Å². The van der Waals surface area contributed by atoms with Gasteiger partial charge in [0.05, 0.1) is 18.0 Å². The summed E-state index contributed by atoms with van der Waals surface area (Å²) in [7, 11) is 0. The van der Waals surface area contributed by atoms with Crippen molar-refractivity contribution >= 4 is 5.52 Å². The molecule has 0 unspecified atom stereocenters. The molecule has 0 aromatic carbocycles. The van der Waals surface area contributed by atoms with Crippen LogP contribution in [0.1, 0.15) is 18.1 Å². The van der Waals surface area contributed by atoms with Gasteiger partial charge < -0.3 is 4.40 Å². The molecule has 12 heavy (non-hydrogen) atoms. The zero-order valence-corrected chi connectivity index (χ0v) is 7.41. The minimum atomic E-state index is 1.07. The highest BCUT2D eigenvalue weighted by molar-refractivity contribution is 5.56. The van der Waals surface area contributed by atoms with Crippen LogP contribution in [0.3, 0.4) is 0 Å². The van der Waals surface area contributed by atoms with Crippen molar-refractivity contribution < 1.29 is 0 Å².